The van der Waals surface area contributed by atoms with E-state index in [0.29, 0.717) is 0 Å². The minimum absolute atomic E-state index is 0.202. The van der Waals surface area contributed by atoms with Crippen LogP contribution in [0.25, 0.3) is 0 Å². The molecule has 1 amide bonds. The number of amides is 1. The van der Waals surface area contributed by atoms with Crippen LogP contribution >= 0.6 is 0 Å². The zero-order chi connectivity index (χ0) is 15.4. The maximum absolute atomic E-state index is 12.9. The molecule has 0 bridgehead atoms. The number of hydrogen-bond acceptors (Lipinski definition) is 3. The predicted octanol–water partition coefficient (Wildman–Crippen LogP) is 2.28. The lowest BCUT2D eigenvalue weighted by atomic mass is 10.2. The molecule has 21 heavy (non-hydrogen) atoms. The SMILES string of the molecule is CC(C(=O)N(CC(F)F)c1ccc(F)cc1)n1cncn1. The van der Waals surface area contributed by atoms with Crippen molar-refractivity contribution >= 4 is 11.6 Å². The van der Waals surface area contributed by atoms with Gasteiger partial charge in [0.15, 0.2) is 0 Å². The summed E-state index contributed by atoms with van der Waals surface area (Å²) < 4.78 is 39.6. The van der Waals surface area contributed by atoms with Crippen molar-refractivity contribution in [2.45, 2.75) is 19.4 Å². The summed E-state index contributed by atoms with van der Waals surface area (Å²) in [4.78, 5) is 17.0. The smallest absolute Gasteiger partial charge is 0.256 e. The average molecular weight is 298 g/mol. The van der Waals surface area contributed by atoms with Crippen LogP contribution in [0.3, 0.4) is 0 Å². The van der Waals surface area contributed by atoms with Gasteiger partial charge in [-0.25, -0.2) is 22.8 Å². The molecule has 0 aliphatic rings. The molecule has 1 aromatic carbocycles. The van der Waals surface area contributed by atoms with Crippen molar-refractivity contribution in [2.75, 3.05) is 11.4 Å². The van der Waals surface area contributed by atoms with E-state index in [1.165, 1.54) is 36.4 Å². The number of rotatable bonds is 5. The summed E-state index contributed by atoms with van der Waals surface area (Å²) in [5.74, 6) is -1.08. The number of halogens is 3. The van der Waals surface area contributed by atoms with Crippen molar-refractivity contribution in [1.29, 1.82) is 0 Å². The fourth-order valence-electron chi connectivity index (χ4n) is 1.84. The number of carbonyl (C=O) groups excluding carboxylic acids is 1. The molecule has 0 N–H and O–H groups in total. The van der Waals surface area contributed by atoms with Crippen LogP contribution in [0, 0.1) is 5.82 Å². The van der Waals surface area contributed by atoms with Gasteiger partial charge in [0, 0.05) is 5.69 Å². The van der Waals surface area contributed by atoms with Crippen molar-refractivity contribution in [3.8, 4) is 0 Å². The van der Waals surface area contributed by atoms with Gasteiger partial charge < -0.3 is 4.90 Å². The summed E-state index contributed by atoms with van der Waals surface area (Å²) in [6.07, 6.45) is -0.130. The first-order chi connectivity index (χ1) is 9.99. The molecular weight excluding hydrogens is 285 g/mol. The van der Waals surface area contributed by atoms with Gasteiger partial charge >= 0.3 is 0 Å². The van der Waals surface area contributed by atoms with E-state index in [2.05, 4.69) is 10.1 Å². The number of nitrogens with zero attached hydrogens (tertiary/aromatic N) is 4. The van der Waals surface area contributed by atoms with Gasteiger partial charge in [0.25, 0.3) is 12.3 Å². The number of alkyl halides is 2. The first-order valence-electron chi connectivity index (χ1n) is 6.18. The molecule has 1 aromatic heterocycles. The lowest BCUT2D eigenvalue weighted by Gasteiger charge is -2.25. The summed E-state index contributed by atoms with van der Waals surface area (Å²) in [5, 5.41) is 3.82. The number of anilines is 1. The molecule has 0 aliphatic carbocycles. The molecule has 2 aromatic rings. The van der Waals surface area contributed by atoms with Crippen LogP contribution in [0.2, 0.25) is 0 Å². The highest BCUT2D eigenvalue weighted by Gasteiger charge is 2.26. The molecule has 0 spiro atoms. The second kappa shape index (κ2) is 6.38. The minimum Gasteiger partial charge on any atom is -0.305 e. The first-order valence-corrected chi connectivity index (χ1v) is 6.18. The fraction of sp³-hybridized carbons (Fsp3) is 0.308. The van der Waals surface area contributed by atoms with Crippen LogP contribution < -0.4 is 4.90 Å². The Morgan fingerprint density at radius 2 is 2.00 bits per heavy atom. The van der Waals surface area contributed by atoms with Crippen LogP contribution in [0.15, 0.2) is 36.9 Å². The topological polar surface area (TPSA) is 51.0 Å². The third-order valence-corrected chi connectivity index (χ3v) is 2.92. The Hall–Kier alpha value is -2.38. The van der Waals surface area contributed by atoms with Crippen LogP contribution in [-0.4, -0.2) is 33.6 Å². The largest absolute Gasteiger partial charge is 0.305 e. The number of benzene rings is 1. The average Bonchev–Trinajstić information content (AvgIpc) is 2.98. The van der Waals surface area contributed by atoms with Gasteiger partial charge in [0.2, 0.25) is 0 Å². The molecular formula is C13H13F3N4O. The second-order valence-electron chi connectivity index (χ2n) is 4.37. The van der Waals surface area contributed by atoms with Crippen LogP contribution in [0.5, 0.6) is 0 Å². The maximum atomic E-state index is 12.9. The molecule has 1 atom stereocenters. The van der Waals surface area contributed by atoms with E-state index < -0.39 is 30.7 Å². The van der Waals surface area contributed by atoms with Crippen molar-refractivity contribution in [2.24, 2.45) is 0 Å². The summed E-state index contributed by atoms with van der Waals surface area (Å²) in [6.45, 7) is 0.752. The molecule has 0 saturated heterocycles. The lowest BCUT2D eigenvalue weighted by Crippen LogP contribution is -2.39. The molecule has 112 valence electrons. The van der Waals surface area contributed by atoms with E-state index in [4.69, 9.17) is 0 Å². The Kier molecular flexibility index (Phi) is 4.56. The minimum atomic E-state index is -2.71. The van der Waals surface area contributed by atoms with Gasteiger partial charge in [-0.15, -0.1) is 0 Å². The second-order valence-corrected chi connectivity index (χ2v) is 4.37. The van der Waals surface area contributed by atoms with E-state index in [9.17, 15) is 18.0 Å². The molecule has 1 unspecified atom stereocenters. The molecule has 8 heteroatoms. The van der Waals surface area contributed by atoms with Crippen LogP contribution in [0.4, 0.5) is 18.9 Å². The standard InChI is InChI=1S/C13H13F3N4O/c1-9(20-8-17-7-18-20)13(21)19(6-12(15)16)11-4-2-10(14)3-5-11/h2-5,7-9,12H,6H2,1H3. The van der Waals surface area contributed by atoms with E-state index in [-0.39, 0.29) is 5.69 Å². The fourth-order valence-corrected chi connectivity index (χ4v) is 1.84. The van der Waals surface area contributed by atoms with Crippen molar-refractivity contribution in [3.63, 3.8) is 0 Å². The van der Waals surface area contributed by atoms with Crippen molar-refractivity contribution in [1.82, 2.24) is 14.8 Å². The van der Waals surface area contributed by atoms with E-state index >= 15 is 0 Å². The van der Waals surface area contributed by atoms with Crippen molar-refractivity contribution < 1.29 is 18.0 Å². The normalized spacial score (nSPS) is 12.4. The Balaban J connectivity index is 2.27. The Morgan fingerprint density at radius 3 is 2.52 bits per heavy atom. The molecule has 0 fully saturated rings. The highest BCUT2D eigenvalue weighted by Crippen LogP contribution is 2.20. The molecule has 5 nitrogen and oxygen atoms in total. The Morgan fingerprint density at radius 1 is 1.33 bits per heavy atom. The number of carbonyl (C=O) groups is 1. The number of hydrogen-bond donors (Lipinski definition) is 0. The zero-order valence-corrected chi connectivity index (χ0v) is 11.2. The monoisotopic (exact) mass is 298 g/mol. The summed E-state index contributed by atoms with van der Waals surface area (Å²) >= 11 is 0. The third kappa shape index (κ3) is 3.59. The van der Waals surface area contributed by atoms with Crippen molar-refractivity contribution in [3.05, 3.63) is 42.7 Å². The van der Waals surface area contributed by atoms with Gasteiger partial charge in [-0.05, 0) is 31.2 Å². The summed E-state index contributed by atoms with van der Waals surface area (Å²) in [7, 11) is 0. The molecule has 0 aliphatic heterocycles. The lowest BCUT2D eigenvalue weighted by molar-refractivity contribution is -0.122. The summed E-state index contributed by atoms with van der Waals surface area (Å²) in [6, 6.07) is 3.99. The quantitative estimate of drug-likeness (QED) is 0.851. The highest BCUT2D eigenvalue weighted by molar-refractivity contribution is 5.95. The van der Waals surface area contributed by atoms with Gasteiger partial charge in [-0.3, -0.25) is 4.79 Å². The van der Waals surface area contributed by atoms with Crippen LogP contribution in [0.1, 0.15) is 13.0 Å². The molecule has 0 saturated carbocycles. The third-order valence-electron chi connectivity index (χ3n) is 2.92. The zero-order valence-electron chi connectivity index (χ0n) is 11.2. The molecule has 0 radical (unpaired) electrons. The predicted molar refractivity (Wildman–Crippen MR) is 69.5 cm³/mol. The van der Waals surface area contributed by atoms with Gasteiger partial charge in [-0.2, -0.15) is 5.10 Å². The Labute approximate surface area is 119 Å². The first kappa shape index (κ1) is 15.0. The van der Waals surface area contributed by atoms with Gasteiger partial charge in [-0.1, -0.05) is 0 Å². The summed E-state index contributed by atoms with van der Waals surface area (Å²) in [5.41, 5.74) is 0.202. The molecule has 1 heterocycles. The number of aromatic nitrogens is 3. The van der Waals surface area contributed by atoms with E-state index in [1.807, 2.05) is 0 Å². The van der Waals surface area contributed by atoms with E-state index in [1.54, 1.807) is 0 Å². The maximum Gasteiger partial charge on any atom is 0.256 e. The van der Waals surface area contributed by atoms with Gasteiger partial charge in [0.1, 0.15) is 24.5 Å². The van der Waals surface area contributed by atoms with E-state index in [0.717, 1.165) is 17.0 Å². The van der Waals surface area contributed by atoms with Crippen LogP contribution in [-0.2, 0) is 4.79 Å². The Bertz CT molecular complexity index is 586. The molecule has 2 rings (SSSR count). The highest BCUT2D eigenvalue weighted by atomic mass is 19.3. The van der Waals surface area contributed by atoms with Gasteiger partial charge in [0.05, 0.1) is 6.54 Å².